The lowest BCUT2D eigenvalue weighted by Gasteiger charge is -2.10. The normalized spacial score (nSPS) is 11.0. The summed E-state index contributed by atoms with van der Waals surface area (Å²) in [7, 11) is 1.38. The van der Waals surface area contributed by atoms with Gasteiger partial charge in [-0.1, -0.05) is 0 Å². The SMILES string of the molecule is COC(=O)c1ccc(-n2c(C)cc(/C=N/Nc3ccc(I)cc3)c2C)cc1. The van der Waals surface area contributed by atoms with Crippen LogP contribution in [0.2, 0.25) is 0 Å². The minimum Gasteiger partial charge on any atom is -0.465 e. The predicted molar refractivity (Wildman–Crippen MR) is 117 cm³/mol. The van der Waals surface area contributed by atoms with Gasteiger partial charge in [0.1, 0.15) is 0 Å². The number of carbonyl (C=O) groups excluding carboxylic acids is 1. The Kier molecular flexibility index (Phi) is 5.95. The third kappa shape index (κ3) is 4.39. The molecule has 3 aromatic rings. The summed E-state index contributed by atoms with van der Waals surface area (Å²) >= 11 is 2.27. The fraction of sp³-hybridized carbons (Fsp3) is 0.143. The number of esters is 1. The quantitative estimate of drug-likeness (QED) is 0.248. The van der Waals surface area contributed by atoms with Crippen LogP contribution in [-0.4, -0.2) is 23.9 Å². The Morgan fingerprint density at radius 3 is 2.41 bits per heavy atom. The van der Waals surface area contributed by atoms with Gasteiger partial charge in [-0.3, -0.25) is 5.43 Å². The summed E-state index contributed by atoms with van der Waals surface area (Å²) in [5, 5.41) is 4.35. The lowest BCUT2D eigenvalue weighted by molar-refractivity contribution is 0.0601. The Morgan fingerprint density at radius 2 is 1.78 bits per heavy atom. The highest BCUT2D eigenvalue weighted by Gasteiger charge is 2.11. The number of rotatable bonds is 5. The number of carbonyl (C=O) groups is 1. The van der Waals surface area contributed by atoms with E-state index in [0.717, 1.165) is 28.3 Å². The highest BCUT2D eigenvalue weighted by Crippen LogP contribution is 2.20. The number of aryl methyl sites for hydroxylation is 1. The Hall–Kier alpha value is -2.61. The third-order valence-electron chi connectivity index (χ3n) is 4.26. The highest BCUT2D eigenvalue weighted by atomic mass is 127. The van der Waals surface area contributed by atoms with E-state index in [-0.39, 0.29) is 5.97 Å². The third-order valence-corrected chi connectivity index (χ3v) is 4.98. The molecule has 0 saturated heterocycles. The zero-order valence-corrected chi connectivity index (χ0v) is 17.5. The number of methoxy groups -OCH3 is 1. The van der Waals surface area contributed by atoms with Crippen molar-refractivity contribution in [1.29, 1.82) is 0 Å². The fourth-order valence-corrected chi connectivity index (χ4v) is 3.24. The number of nitrogens with one attached hydrogen (secondary N) is 1. The first kappa shape index (κ1) is 19.2. The van der Waals surface area contributed by atoms with Crippen molar-refractivity contribution < 1.29 is 9.53 Å². The van der Waals surface area contributed by atoms with E-state index in [1.165, 1.54) is 10.7 Å². The van der Waals surface area contributed by atoms with Crippen molar-refractivity contribution in [1.82, 2.24) is 4.57 Å². The largest absolute Gasteiger partial charge is 0.465 e. The van der Waals surface area contributed by atoms with Gasteiger partial charge in [-0.15, -0.1) is 0 Å². The smallest absolute Gasteiger partial charge is 0.337 e. The Balaban J connectivity index is 1.81. The van der Waals surface area contributed by atoms with Gasteiger partial charge in [0.2, 0.25) is 0 Å². The fourth-order valence-electron chi connectivity index (χ4n) is 2.88. The molecule has 0 aliphatic carbocycles. The topological polar surface area (TPSA) is 55.6 Å². The number of nitrogens with zero attached hydrogens (tertiary/aromatic N) is 2. The van der Waals surface area contributed by atoms with Crippen LogP contribution < -0.4 is 5.43 Å². The Labute approximate surface area is 172 Å². The second-order valence-electron chi connectivity index (χ2n) is 6.08. The maximum absolute atomic E-state index is 11.6. The number of halogens is 1. The van der Waals surface area contributed by atoms with Crippen molar-refractivity contribution in [2.45, 2.75) is 13.8 Å². The molecule has 5 nitrogen and oxygen atoms in total. The second kappa shape index (κ2) is 8.39. The minimum absolute atomic E-state index is 0.336. The van der Waals surface area contributed by atoms with Crippen molar-refractivity contribution in [3.63, 3.8) is 0 Å². The van der Waals surface area contributed by atoms with Gasteiger partial charge < -0.3 is 9.30 Å². The van der Waals surface area contributed by atoms with Gasteiger partial charge in [0.05, 0.1) is 24.6 Å². The molecule has 0 aliphatic rings. The molecular weight excluding hydrogens is 453 g/mol. The summed E-state index contributed by atoms with van der Waals surface area (Å²) in [6, 6.07) is 17.5. The molecule has 0 saturated carbocycles. The lowest BCUT2D eigenvalue weighted by Crippen LogP contribution is -2.03. The molecule has 1 N–H and O–H groups in total. The second-order valence-corrected chi connectivity index (χ2v) is 7.32. The molecular formula is C21H20IN3O2. The summed E-state index contributed by atoms with van der Waals surface area (Å²) in [5.74, 6) is -0.336. The van der Waals surface area contributed by atoms with Crippen molar-refractivity contribution in [3.05, 3.63) is 80.7 Å². The average Bonchev–Trinajstić information content (AvgIpc) is 2.96. The molecule has 138 valence electrons. The number of hydrogen-bond acceptors (Lipinski definition) is 4. The molecule has 27 heavy (non-hydrogen) atoms. The van der Waals surface area contributed by atoms with Crippen LogP contribution in [0.15, 0.2) is 59.7 Å². The average molecular weight is 473 g/mol. The standard InChI is InChI=1S/C21H20IN3O2/c1-14-12-17(13-23-24-19-8-6-18(22)7-9-19)15(2)25(14)20-10-4-16(5-11-20)21(26)27-3/h4-13,24H,1-3H3/b23-13+. The first-order valence-electron chi connectivity index (χ1n) is 8.42. The number of anilines is 1. The van der Waals surface area contributed by atoms with E-state index in [2.05, 4.69) is 43.8 Å². The maximum Gasteiger partial charge on any atom is 0.337 e. The van der Waals surface area contributed by atoms with E-state index >= 15 is 0 Å². The van der Waals surface area contributed by atoms with Crippen molar-refractivity contribution >= 4 is 40.5 Å². The van der Waals surface area contributed by atoms with Crippen LogP contribution in [0.5, 0.6) is 0 Å². The van der Waals surface area contributed by atoms with Crippen LogP contribution >= 0.6 is 22.6 Å². The predicted octanol–water partition coefficient (Wildman–Crippen LogP) is 4.93. The van der Waals surface area contributed by atoms with Gasteiger partial charge in [-0.2, -0.15) is 5.10 Å². The van der Waals surface area contributed by atoms with E-state index in [9.17, 15) is 4.79 Å². The van der Waals surface area contributed by atoms with E-state index in [4.69, 9.17) is 4.74 Å². The van der Waals surface area contributed by atoms with Crippen LogP contribution in [0.4, 0.5) is 5.69 Å². The molecule has 0 radical (unpaired) electrons. The van der Waals surface area contributed by atoms with E-state index < -0.39 is 0 Å². The number of benzene rings is 2. The van der Waals surface area contributed by atoms with Gasteiger partial charge in [0.15, 0.2) is 0 Å². The molecule has 1 aromatic heterocycles. The number of aromatic nitrogens is 1. The molecule has 6 heteroatoms. The Bertz CT molecular complexity index is 974. The molecule has 0 fully saturated rings. The molecule has 0 bridgehead atoms. The van der Waals surface area contributed by atoms with E-state index in [1.54, 1.807) is 12.1 Å². The lowest BCUT2D eigenvalue weighted by atomic mass is 10.2. The summed E-state index contributed by atoms with van der Waals surface area (Å²) in [4.78, 5) is 11.6. The Morgan fingerprint density at radius 1 is 1.11 bits per heavy atom. The van der Waals surface area contributed by atoms with E-state index in [0.29, 0.717) is 5.56 Å². The molecule has 0 aliphatic heterocycles. The van der Waals surface area contributed by atoms with Crippen LogP contribution in [-0.2, 0) is 4.74 Å². The maximum atomic E-state index is 11.6. The summed E-state index contributed by atoms with van der Waals surface area (Å²) in [6.07, 6.45) is 1.82. The molecule has 0 amide bonds. The summed E-state index contributed by atoms with van der Waals surface area (Å²) in [6.45, 7) is 4.10. The monoisotopic (exact) mass is 473 g/mol. The zero-order chi connectivity index (χ0) is 19.4. The summed E-state index contributed by atoms with van der Waals surface area (Å²) in [5.41, 5.74) is 8.71. The minimum atomic E-state index is -0.336. The van der Waals surface area contributed by atoms with Crippen LogP contribution in [0.25, 0.3) is 5.69 Å². The van der Waals surface area contributed by atoms with Gasteiger partial charge in [0, 0.05) is 26.2 Å². The van der Waals surface area contributed by atoms with Crippen molar-refractivity contribution in [2.24, 2.45) is 5.10 Å². The number of ether oxygens (including phenoxy) is 1. The molecule has 1 heterocycles. The van der Waals surface area contributed by atoms with Crippen molar-refractivity contribution in [2.75, 3.05) is 12.5 Å². The van der Waals surface area contributed by atoms with Crippen LogP contribution in [0.1, 0.15) is 27.3 Å². The van der Waals surface area contributed by atoms with Crippen molar-refractivity contribution in [3.8, 4) is 5.69 Å². The van der Waals surface area contributed by atoms with Gasteiger partial charge >= 0.3 is 5.97 Å². The van der Waals surface area contributed by atoms with E-state index in [1.807, 2.05) is 56.5 Å². The molecule has 0 atom stereocenters. The van der Waals surface area contributed by atoms with Gasteiger partial charge in [-0.05, 0) is 91.0 Å². The highest BCUT2D eigenvalue weighted by molar-refractivity contribution is 14.1. The number of hydrogen-bond donors (Lipinski definition) is 1. The summed E-state index contributed by atoms with van der Waals surface area (Å²) < 4.78 is 8.07. The molecule has 3 rings (SSSR count). The zero-order valence-electron chi connectivity index (χ0n) is 15.4. The molecule has 0 unspecified atom stereocenters. The molecule has 0 spiro atoms. The number of hydrazone groups is 1. The van der Waals surface area contributed by atoms with Crippen LogP contribution in [0, 0.1) is 17.4 Å². The molecule has 2 aromatic carbocycles. The first-order valence-corrected chi connectivity index (χ1v) is 9.50. The van der Waals surface area contributed by atoms with Gasteiger partial charge in [-0.25, -0.2) is 4.79 Å². The van der Waals surface area contributed by atoms with Gasteiger partial charge in [0.25, 0.3) is 0 Å². The van der Waals surface area contributed by atoms with Crippen LogP contribution in [0.3, 0.4) is 0 Å². The first-order chi connectivity index (χ1) is 13.0.